The van der Waals surface area contributed by atoms with Crippen molar-refractivity contribution in [2.45, 2.75) is 23.3 Å². The highest BCUT2D eigenvalue weighted by atomic mass is 32.2. The van der Waals surface area contributed by atoms with Crippen LogP contribution in [0.5, 0.6) is 0 Å². The zero-order chi connectivity index (χ0) is 18.4. The van der Waals surface area contributed by atoms with Gasteiger partial charge in [-0.2, -0.15) is 4.21 Å². The van der Waals surface area contributed by atoms with E-state index in [1.165, 1.54) is 25.8 Å². The normalized spacial score (nSPS) is 14.6. The van der Waals surface area contributed by atoms with Crippen molar-refractivity contribution in [3.8, 4) is 0 Å². The van der Waals surface area contributed by atoms with Crippen LogP contribution in [0.3, 0.4) is 0 Å². The molecule has 0 aromatic heterocycles. The highest BCUT2D eigenvalue weighted by Crippen LogP contribution is 2.31. The second kappa shape index (κ2) is 8.59. The van der Waals surface area contributed by atoms with Gasteiger partial charge in [-0.1, -0.05) is 36.4 Å². The maximum absolute atomic E-state index is 12.0. The Kier molecular flexibility index (Phi) is 6.74. The van der Waals surface area contributed by atoms with Gasteiger partial charge in [0.1, 0.15) is 0 Å². The summed E-state index contributed by atoms with van der Waals surface area (Å²) in [5.41, 5.74) is 6.46. The molecular formula is C17H19NO5S2. The van der Waals surface area contributed by atoms with Crippen LogP contribution in [0.25, 0.3) is 0 Å². The van der Waals surface area contributed by atoms with Crippen LogP contribution in [-0.4, -0.2) is 21.8 Å². The molecule has 0 aliphatic heterocycles. The summed E-state index contributed by atoms with van der Waals surface area (Å²) in [7, 11) is 1.31. The molecule has 2 unspecified atom stereocenters. The van der Waals surface area contributed by atoms with Gasteiger partial charge < -0.3 is 4.74 Å². The fourth-order valence-electron chi connectivity index (χ4n) is 2.16. The minimum Gasteiger partial charge on any atom is -0.465 e. The number of benzene rings is 2. The maximum atomic E-state index is 12.0. The third-order valence-corrected chi connectivity index (χ3v) is 5.06. The molecule has 2 aromatic rings. The monoisotopic (exact) mass is 381 g/mol. The van der Waals surface area contributed by atoms with Gasteiger partial charge in [0, 0.05) is 16.2 Å². The van der Waals surface area contributed by atoms with E-state index in [1.54, 1.807) is 18.2 Å². The summed E-state index contributed by atoms with van der Waals surface area (Å²) in [6, 6.07) is 14.6. The average molecular weight is 381 g/mol. The summed E-state index contributed by atoms with van der Waals surface area (Å²) in [5.74, 6) is 0.176. The number of thioether (sulfide) groups is 1. The second-order valence-electron chi connectivity index (χ2n) is 5.38. The summed E-state index contributed by atoms with van der Waals surface area (Å²) in [6.07, 6.45) is 0. The number of nitrogens with two attached hydrogens (primary N) is 1. The van der Waals surface area contributed by atoms with E-state index in [9.17, 15) is 9.00 Å². The predicted octanol–water partition coefficient (Wildman–Crippen LogP) is 3.05. The van der Waals surface area contributed by atoms with Gasteiger partial charge in [-0.15, -0.1) is 11.8 Å². The third-order valence-electron chi connectivity index (χ3n) is 3.44. The number of ether oxygens (including phenoxy) is 1. The van der Waals surface area contributed by atoms with E-state index in [0.717, 1.165) is 5.56 Å². The smallest absolute Gasteiger partial charge is 0.338 e. The van der Waals surface area contributed by atoms with Crippen LogP contribution >= 0.6 is 11.8 Å². The predicted molar refractivity (Wildman–Crippen MR) is 97.2 cm³/mol. The Labute approximate surface area is 153 Å². The molecule has 0 radical (unpaired) electrons. The van der Waals surface area contributed by atoms with Crippen molar-refractivity contribution in [1.82, 2.24) is 0 Å². The van der Waals surface area contributed by atoms with Crippen molar-refractivity contribution in [1.29, 1.82) is 0 Å². The average Bonchev–Trinajstić information content (AvgIpc) is 2.59. The lowest BCUT2D eigenvalue weighted by Crippen LogP contribution is -2.36. The zero-order valence-corrected chi connectivity index (χ0v) is 15.4. The number of hydrogen-bond acceptors (Lipinski definition) is 6. The van der Waals surface area contributed by atoms with Gasteiger partial charge in [-0.25, -0.2) is 8.98 Å². The highest BCUT2D eigenvalue weighted by molar-refractivity contribution is 7.98. The Morgan fingerprint density at radius 2 is 1.96 bits per heavy atom. The number of hydrogen-bond donors (Lipinski definition) is 2. The van der Waals surface area contributed by atoms with Crippen molar-refractivity contribution < 1.29 is 22.5 Å². The second-order valence-corrected chi connectivity index (χ2v) is 7.00. The highest BCUT2D eigenvalue weighted by Gasteiger charge is 2.27. The molecule has 2 rings (SSSR count). The van der Waals surface area contributed by atoms with Gasteiger partial charge in [0.2, 0.25) is 0 Å². The largest absolute Gasteiger partial charge is 0.465 e. The summed E-state index contributed by atoms with van der Waals surface area (Å²) in [6.45, 7) is 1.47. The lowest BCUT2D eigenvalue weighted by molar-refractivity contribution is 0.0595. The molecule has 6 nitrogen and oxygen atoms in total. The van der Waals surface area contributed by atoms with E-state index in [-0.39, 0.29) is 0 Å². The Morgan fingerprint density at radius 3 is 2.56 bits per heavy atom. The van der Waals surface area contributed by atoms with Crippen LogP contribution in [0.2, 0.25) is 0 Å². The summed E-state index contributed by atoms with van der Waals surface area (Å²) >= 11 is -1.07. The molecule has 0 aliphatic carbocycles. The molecule has 2 aromatic carbocycles. The number of rotatable bonds is 7. The quantitative estimate of drug-likeness (QED) is 0.329. The van der Waals surface area contributed by atoms with E-state index < -0.39 is 23.1 Å². The van der Waals surface area contributed by atoms with E-state index >= 15 is 0 Å². The first-order chi connectivity index (χ1) is 11.8. The standard InChI is InChI=1S/C17H19NO5S2/c1-17(18,23-25(20)21)13-8-9-14(16(19)22-2)15(10-13)24-11-12-6-4-3-5-7-12/h3-10H,11,18H2,1-2H3,(H,20,21). The third kappa shape index (κ3) is 5.38. The summed E-state index contributed by atoms with van der Waals surface area (Å²) in [4.78, 5) is 12.6. The lowest BCUT2D eigenvalue weighted by Gasteiger charge is -2.23. The lowest BCUT2D eigenvalue weighted by atomic mass is 10.0. The van der Waals surface area contributed by atoms with E-state index in [4.69, 9.17) is 19.2 Å². The van der Waals surface area contributed by atoms with Gasteiger partial charge >= 0.3 is 17.3 Å². The Hall–Kier alpha value is -1.71. The van der Waals surface area contributed by atoms with Gasteiger partial charge in [-0.05, 0) is 24.6 Å². The van der Waals surface area contributed by atoms with Crippen molar-refractivity contribution >= 4 is 29.1 Å². The Balaban J connectivity index is 2.34. The molecule has 0 spiro atoms. The summed E-state index contributed by atoms with van der Waals surface area (Å²) < 4.78 is 29.5. The molecular weight excluding hydrogens is 362 g/mol. The molecule has 3 N–H and O–H groups in total. The van der Waals surface area contributed by atoms with Crippen LogP contribution < -0.4 is 5.73 Å². The molecule has 0 heterocycles. The maximum Gasteiger partial charge on any atom is 0.338 e. The number of esters is 1. The van der Waals surface area contributed by atoms with Crippen LogP contribution in [0.1, 0.15) is 28.4 Å². The first-order valence-electron chi connectivity index (χ1n) is 7.32. The number of methoxy groups -OCH3 is 1. The molecule has 134 valence electrons. The molecule has 0 bridgehead atoms. The first-order valence-corrected chi connectivity index (χ1v) is 9.34. The van der Waals surface area contributed by atoms with Crippen LogP contribution in [0.4, 0.5) is 0 Å². The molecule has 2 atom stereocenters. The van der Waals surface area contributed by atoms with E-state index in [2.05, 4.69) is 0 Å². The van der Waals surface area contributed by atoms with Gasteiger partial charge in [0.25, 0.3) is 0 Å². The Bertz CT molecular complexity index is 765. The van der Waals surface area contributed by atoms with Gasteiger partial charge in [-0.3, -0.25) is 10.3 Å². The van der Waals surface area contributed by atoms with Crippen molar-refractivity contribution in [3.63, 3.8) is 0 Å². The van der Waals surface area contributed by atoms with Crippen molar-refractivity contribution in [3.05, 3.63) is 65.2 Å². The van der Waals surface area contributed by atoms with E-state index in [0.29, 0.717) is 21.8 Å². The zero-order valence-electron chi connectivity index (χ0n) is 13.8. The van der Waals surface area contributed by atoms with E-state index in [1.807, 2.05) is 30.3 Å². The number of carbonyl (C=O) groups is 1. The molecule has 0 fully saturated rings. The van der Waals surface area contributed by atoms with Crippen molar-refractivity contribution in [2.24, 2.45) is 5.73 Å². The van der Waals surface area contributed by atoms with Crippen LogP contribution in [0.15, 0.2) is 53.4 Å². The fourth-order valence-corrected chi connectivity index (χ4v) is 3.58. The summed E-state index contributed by atoms with van der Waals surface area (Å²) in [5, 5.41) is 0. The minimum atomic E-state index is -2.51. The van der Waals surface area contributed by atoms with Gasteiger partial charge in [0.15, 0.2) is 5.72 Å². The molecule has 0 amide bonds. The molecule has 25 heavy (non-hydrogen) atoms. The minimum absolute atomic E-state index is 0.396. The van der Waals surface area contributed by atoms with Crippen molar-refractivity contribution in [2.75, 3.05) is 7.11 Å². The van der Waals surface area contributed by atoms with Crippen LogP contribution in [-0.2, 0) is 31.8 Å². The first kappa shape index (κ1) is 19.6. The molecule has 8 heteroatoms. The Morgan fingerprint density at radius 1 is 1.28 bits per heavy atom. The van der Waals surface area contributed by atoms with Gasteiger partial charge in [0.05, 0.1) is 12.7 Å². The fraction of sp³-hybridized carbons (Fsp3) is 0.235. The SMILES string of the molecule is COC(=O)c1ccc(C(C)(N)OS(=O)O)cc1SCc1ccccc1. The molecule has 0 saturated carbocycles. The molecule has 0 aliphatic rings. The molecule has 0 saturated heterocycles. The van der Waals surface area contributed by atoms with Crippen LogP contribution in [0, 0.1) is 0 Å². The number of carbonyl (C=O) groups excluding carboxylic acids is 1. The topological polar surface area (TPSA) is 98.9 Å².